The molecule has 3 fully saturated rings. The van der Waals surface area contributed by atoms with E-state index in [1.165, 1.54) is 0 Å². The van der Waals surface area contributed by atoms with E-state index in [1.807, 2.05) is 4.90 Å². The number of nitrogens with zero attached hydrogens (tertiary/aromatic N) is 3. The molecular weight excluding hydrogens is 378 g/mol. The summed E-state index contributed by atoms with van der Waals surface area (Å²) in [5.41, 5.74) is 0.755. The Kier molecular flexibility index (Phi) is 5.42. The number of piperidine rings is 1. The van der Waals surface area contributed by atoms with Crippen LogP contribution >= 0.6 is 0 Å². The zero-order valence-corrected chi connectivity index (χ0v) is 16.9. The summed E-state index contributed by atoms with van der Waals surface area (Å²) < 4.78 is 27.7. The summed E-state index contributed by atoms with van der Waals surface area (Å²) >= 11 is 0. The zero-order chi connectivity index (χ0) is 19.7. The largest absolute Gasteiger partial charge is 0.342 e. The van der Waals surface area contributed by atoms with E-state index in [4.69, 9.17) is 0 Å². The Morgan fingerprint density at radius 3 is 2.25 bits per heavy atom. The molecule has 2 amide bonds. The van der Waals surface area contributed by atoms with Gasteiger partial charge < -0.3 is 9.80 Å². The maximum Gasteiger partial charge on any atom is 0.243 e. The summed E-state index contributed by atoms with van der Waals surface area (Å²) in [4.78, 5) is 27.6. The highest BCUT2D eigenvalue weighted by molar-refractivity contribution is 7.89. The quantitative estimate of drug-likeness (QED) is 0.749. The molecule has 1 atom stereocenters. The Morgan fingerprint density at radius 1 is 0.893 bits per heavy atom. The van der Waals surface area contributed by atoms with Crippen molar-refractivity contribution in [1.29, 1.82) is 0 Å². The van der Waals surface area contributed by atoms with E-state index in [0.29, 0.717) is 39.0 Å². The van der Waals surface area contributed by atoms with Crippen molar-refractivity contribution in [3.63, 3.8) is 0 Å². The second kappa shape index (κ2) is 7.83. The van der Waals surface area contributed by atoms with Crippen LogP contribution in [-0.4, -0.2) is 62.2 Å². The van der Waals surface area contributed by atoms with Crippen molar-refractivity contribution in [3.05, 3.63) is 24.3 Å². The Hall–Kier alpha value is -1.93. The molecule has 1 aromatic rings. The van der Waals surface area contributed by atoms with Gasteiger partial charge in [-0.2, -0.15) is 4.31 Å². The third-order valence-electron chi connectivity index (χ3n) is 5.99. The van der Waals surface area contributed by atoms with Gasteiger partial charge in [-0.25, -0.2) is 8.42 Å². The average Bonchev–Trinajstić information content (AvgIpc) is 3.30. The lowest BCUT2D eigenvalue weighted by Crippen LogP contribution is -2.44. The molecule has 3 aliphatic rings. The fourth-order valence-electron chi connectivity index (χ4n) is 4.47. The maximum absolute atomic E-state index is 13.1. The lowest BCUT2D eigenvalue weighted by molar-refractivity contribution is -0.128. The van der Waals surface area contributed by atoms with Crippen molar-refractivity contribution in [2.45, 2.75) is 43.4 Å². The molecule has 4 rings (SSSR count). The lowest BCUT2D eigenvalue weighted by Gasteiger charge is -2.34. The van der Waals surface area contributed by atoms with Gasteiger partial charge in [0.1, 0.15) is 0 Å². The van der Waals surface area contributed by atoms with Gasteiger partial charge in [-0.15, -0.1) is 0 Å². The van der Waals surface area contributed by atoms with Crippen molar-refractivity contribution in [2.75, 3.05) is 37.6 Å². The second-order valence-electron chi connectivity index (χ2n) is 7.96. The standard InChI is InChI=1S/C20H27N3O4S/c24-19-5-2-11-21(19)14-16-4-1-12-22(15-16)28(26,27)18-9-7-17(8-10-18)23-13-3-6-20(23)25/h7-10,16H,1-6,11-15H2/t16-/m0/s1. The van der Waals surface area contributed by atoms with Crippen molar-refractivity contribution in [3.8, 4) is 0 Å². The van der Waals surface area contributed by atoms with Crippen molar-refractivity contribution in [1.82, 2.24) is 9.21 Å². The first kappa shape index (κ1) is 19.4. The summed E-state index contributed by atoms with van der Waals surface area (Å²) in [6, 6.07) is 6.65. The number of hydrogen-bond donors (Lipinski definition) is 0. The normalized spacial score (nSPS) is 24.4. The van der Waals surface area contributed by atoms with E-state index in [-0.39, 0.29) is 22.6 Å². The minimum absolute atomic E-state index is 0.0888. The van der Waals surface area contributed by atoms with Crippen molar-refractivity contribution < 1.29 is 18.0 Å². The maximum atomic E-state index is 13.1. The van der Waals surface area contributed by atoms with Gasteiger partial charge in [0.05, 0.1) is 4.90 Å². The Morgan fingerprint density at radius 2 is 1.61 bits per heavy atom. The number of carbonyl (C=O) groups excluding carboxylic acids is 2. The highest BCUT2D eigenvalue weighted by Gasteiger charge is 2.33. The van der Waals surface area contributed by atoms with E-state index in [1.54, 1.807) is 33.5 Å². The summed E-state index contributed by atoms with van der Waals surface area (Å²) in [6.45, 7) is 3.10. The van der Waals surface area contributed by atoms with Crippen LogP contribution in [0.4, 0.5) is 5.69 Å². The van der Waals surface area contributed by atoms with Crippen LogP contribution in [0.15, 0.2) is 29.2 Å². The second-order valence-corrected chi connectivity index (χ2v) is 9.90. The first-order valence-electron chi connectivity index (χ1n) is 10.1. The number of rotatable bonds is 5. The van der Waals surface area contributed by atoms with E-state index >= 15 is 0 Å². The highest BCUT2D eigenvalue weighted by atomic mass is 32.2. The number of hydrogen-bond acceptors (Lipinski definition) is 4. The summed E-state index contributed by atoms with van der Waals surface area (Å²) in [6.07, 6.45) is 4.67. The molecule has 8 heteroatoms. The minimum Gasteiger partial charge on any atom is -0.342 e. The third kappa shape index (κ3) is 3.80. The summed E-state index contributed by atoms with van der Waals surface area (Å²) in [5, 5.41) is 0. The highest BCUT2D eigenvalue weighted by Crippen LogP contribution is 2.28. The van der Waals surface area contributed by atoms with Crippen LogP contribution in [0.3, 0.4) is 0 Å². The molecule has 152 valence electrons. The van der Waals surface area contributed by atoms with Gasteiger partial charge in [0, 0.05) is 51.3 Å². The lowest BCUT2D eigenvalue weighted by atomic mass is 9.99. The van der Waals surface area contributed by atoms with Gasteiger partial charge in [0.15, 0.2) is 0 Å². The van der Waals surface area contributed by atoms with E-state index in [2.05, 4.69) is 0 Å². The monoisotopic (exact) mass is 405 g/mol. The fourth-order valence-corrected chi connectivity index (χ4v) is 6.03. The SMILES string of the molecule is O=C1CCCN1C[C@@H]1CCCN(S(=O)(=O)c2ccc(N3CCCC3=O)cc2)C1. The van der Waals surface area contributed by atoms with Crippen LogP contribution < -0.4 is 4.90 Å². The Bertz CT molecular complexity index is 853. The van der Waals surface area contributed by atoms with Gasteiger partial charge in [-0.05, 0) is 55.9 Å². The van der Waals surface area contributed by atoms with Crippen LogP contribution in [0.1, 0.15) is 38.5 Å². The summed E-state index contributed by atoms with van der Waals surface area (Å²) in [5.74, 6) is 0.463. The van der Waals surface area contributed by atoms with Crippen LogP contribution in [0.25, 0.3) is 0 Å². The van der Waals surface area contributed by atoms with Crippen LogP contribution in [-0.2, 0) is 19.6 Å². The smallest absolute Gasteiger partial charge is 0.243 e. The molecular formula is C20H27N3O4S. The molecule has 3 heterocycles. The number of benzene rings is 1. The van der Waals surface area contributed by atoms with Gasteiger partial charge in [0.2, 0.25) is 21.8 Å². The Balaban J connectivity index is 1.45. The van der Waals surface area contributed by atoms with Gasteiger partial charge in [0.25, 0.3) is 0 Å². The molecule has 0 saturated carbocycles. The number of carbonyl (C=O) groups is 2. The molecule has 0 spiro atoms. The molecule has 0 radical (unpaired) electrons. The molecule has 7 nitrogen and oxygen atoms in total. The molecule has 1 aromatic carbocycles. The minimum atomic E-state index is -3.57. The average molecular weight is 406 g/mol. The number of sulfonamides is 1. The van der Waals surface area contributed by atoms with Crippen LogP contribution in [0.2, 0.25) is 0 Å². The first-order valence-corrected chi connectivity index (χ1v) is 11.6. The van der Waals surface area contributed by atoms with Gasteiger partial charge in [-0.1, -0.05) is 0 Å². The predicted molar refractivity (Wildman–Crippen MR) is 105 cm³/mol. The zero-order valence-electron chi connectivity index (χ0n) is 16.0. The van der Waals surface area contributed by atoms with Crippen LogP contribution in [0.5, 0.6) is 0 Å². The van der Waals surface area contributed by atoms with E-state index < -0.39 is 10.0 Å². The molecule has 3 saturated heterocycles. The van der Waals surface area contributed by atoms with Crippen LogP contribution in [0, 0.1) is 5.92 Å². The van der Waals surface area contributed by atoms with Crippen molar-refractivity contribution in [2.24, 2.45) is 5.92 Å². The van der Waals surface area contributed by atoms with Gasteiger partial charge in [-0.3, -0.25) is 9.59 Å². The molecule has 28 heavy (non-hydrogen) atoms. The predicted octanol–water partition coefficient (Wildman–Crippen LogP) is 1.84. The fraction of sp³-hybridized carbons (Fsp3) is 0.600. The van der Waals surface area contributed by atoms with Gasteiger partial charge >= 0.3 is 0 Å². The number of anilines is 1. The van der Waals surface area contributed by atoms with E-state index in [9.17, 15) is 18.0 Å². The number of likely N-dealkylation sites (tertiary alicyclic amines) is 1. The molecule has 0 unspecified atom stereocenters. The van der Waals surface area contributed by atoms with Crippen molar-refractivity contribution >= 4 is 27.5 Å². The first-order chi connectivity index (χ1) is 13.4. The number of amides is 2. The third-order valence-corrected chi connectivity index (χ3v) is 7.87. The molecule has 0 bridgehead atoms. The Labute approximate surface area is 166 Å². The molecule has 0 N–H and O–H groups in total. The summed E-state index contributed by atoms with van der Waals surface area (Å²) in [7, 11) is -3.57. The molecule has 3 aliphatic heterocycles. The molecule has 0 aromatic heterocycles. The topological polar surface area (TPSA) is 78.0 Å². The van der Waals surface area contributed by atoms with E-state index in [0.717, 1.165) is 37.9 Å². The molecule has 0 aliphatic carbocycles.